The predicted octanol–water partition coefficient (Wildman–Crippen LogP) is 2.23. The second kappa shape index (κ2) is 11.5. The molecular weight excluding hydrogens is 453 g/mol. The number of fused-ring (bicyclic) bond motifs is 1. The molecule has 0 unspecified atom stereocenters. The molecular formula is C20H32IN5O. The van der Waals surface area contributed by atoms with E-state index in [0.29, 0.717) is 5.96 Å². The molecule has 150 valence electrons. The molecule has 6 nitrogen and oxygen atoms in total. The lowest BCUT2D eigenvalue weighted by atomic mass is 10.0. The highest BCUT2D eigenvalue weighted by Gasteiger charge is 2.22. The third kappa shape index (κ3) is 6.34. The maximum absolute atomic E-state index is 12.7. The van der Waals surface area contributed by atoms with E-state index in [-0.39, 0.29) is 36.4 Å². The Morgan fingerprint density at radius 3 is 2.63 bits per heavy atom. The Morgan fingerprint density at radius 1 is 1.07 bits per heavy atom. The number of para-hydroxylation sites is 1. The molecule has 3 rings (SSSR count). The van der Waals surface area contributed by atoms with Crippen LogP contribution in [0, 0.1) is 0 Å². The fourth-order valence-electron chi connectivity index (χ4n) is 3.78. The minimum Gasteiger partial charge on any atom is -0.355 e. The lowest BCUT2D eigenvalue weighted by Crippen LogP contribution is -2.47. The normalized spacial score (nSPS) is 17.7. The highest BCUT2D eigenvalue weighted by Crippen LogP contribution is 2.26. The molecule has 2 aliphatic rings. The molecule has 0 aromatic heterocycles. The van der Waals surface area contributed by atoms with Gasteiger partial charge in [0, 0.05) is 32.4 Å². The van der Waals surface area contributed by atoms with Gasteiger partial charge in [0.05, 0.1) is 6.54 Å². The van der Waals surface area contributed by atoms with E-state index in [4.69, 9.17) is 0 Å². The minimum atomic E-state index is 0. The molecule has 2 aliphatic heterocycles. The number of guanidine groups is 1. The number of carbonyl (C=O) groups is 1. The van der Waals surface area contributed by atoms with E-state index in [1.54, 1.807) is 7.05 Å². The molecule has 1 saturated heterocycles. The van der Waals surface area contributed by atoms with E-state index in [1.165, 1.54) is 37.9 Å². The summed E-state index contributed by atoms with van der Waals surface area (Å²) >= 11 is 0. The van der Waals surface area contributed by atoms with Crippen molar-refractivity contribution in [3.8, 4) is 0 Å². The third-order valence-corrected chi connectivity index (χ3v) is 5.21. The maximum atomic E-state index is 12.7. The van der Waals surface area contributed by atoms with Gasteiger partial charge in [-0.15, -0.1) is 24.0 Å². The zero-order valence-electron chi connectivity index (χ0n) is 16.2. The van der Waals surface area contributed by atoms with Crippen LogP contribution >= 0.6 is 24.0 Å². The number of hydrogen-bond donors (Lipinski definition) is 2. The molecule has 1 amide bonds. The molecule has 1 aromatic carbocycles. The van der Waals surface area contributed by atoms with Gasteiger partial charge in [-0.3, -0.25) is 9.79 Å². The molecule has 0 spiro atoms. The number of likely N-dealkylation sites (tertiary alicyclic amines) is 1. The highest BCUT2D eigenvalue weighted by atomic mass is 127. The number of carbonyl (C=O) groups excluding carboxylic acids is 1. The Bertz CT molecular complexity index is 631. The van der Waals surface area contributed by atoms with Gasteiger partial charge in [-0.1, -0.05) is 24.6 Å². The monoisotopic (exact) mass is 485 g/mol. The number of halogens is 1. The third-order valence-electron chi connectivity index (χ3n) is 5.21. The zero-order chi connectivity index (χ0) is 18.2. The van der Waals surface area contributed by atoms with Crippen LogP contribution in [-0.2, 0) is 11.2 Å². The van der Waals surface area contributed by atoms with Crippen LogP contribution in [0.15, 0.2) is 29.3 Å². The number of hydrogen-bond acceptors (Lipinski definition) is 3. The lowest BCUT2D eigenvalue weighted by molar-refractivity contribution is -0.117. The van der Waals surface area contributed by atoms with Crippen LogP contribution in [-0.4, -0.2) is 63.1 Å². The Balaban J connectivity index is 0.00000261. The summed E-state index contributed by atoms with van der Waals surface area (Å²) in [6, 6.07) is 8.19. The van der Waals surface area contributed by atoms with Crippen LogP contribution in [0.25, 0.3) is 0 Å². The first kappa shape index (κ1) is 21.9. The first-order chi connectivity index (χ1) is 12.8. The predicted molar refractivity (Wildman–Crippen MR) is 122 cm³/mol. The van der Waals surface area contributed by atoms with E-state index < -0.39 is 0 Å². The van der Waals surface area contributed by atoms with E-state index in [0.717, 1.165) is 38.2 Å². The first-order valence-corrected chi connectivity index (χ1v) is 9.83. The van der Waals surface area contributed by atoms with Crippen molar-refractivity contribution in [3.63, 3.8) is 0 Å². The number of anilines is 1. The smallest absolute Gasteiger partial charge is 0.246 e. The van der Waals surface area contributed by atoms with Crippen molar-refractivity contribution in [2.24, 2.45) is 4.99 Å². The molecule has 0 bridgehead atoms. The summed E-state index contributed by atoms with van der Waals surface area (Å²) in [6.07, 6.45) is 6.03. The van der Waals surface area contributed by atoms with Crippen molar-refractivity contribution in [1.82, 2.24) is 15.5 Å². The van der Waals surface area contributed by atoms with Gasteiger partial charge in [0.2, 0.25) is 5.91 Å². The van der Waals surface area contributed by atoms with Crippen molar-refractivity contribution in [3.05, 3.63) is 29.8 Å². The van der Waals surface area contributed by atoms with Crippen molar-refractivity contribution < 1.29 is 4.79 Å². The van der Waals surface area contributed by atoms with Crippen LogP contribution in [0.1, 0.15) is 31.2 Å². The molecule has 2 N–H and O–H groups in total. The maximum Gasteiger partial charge on any atom is 0.246 e. The largest absolute Gasteiger partial charge is 0.355 e. The van der Waals surface area contributed by atoms with Crippen LogP contribution in [0.3, 0.4) is 0 Å². The molecule has 7 heteroatoms. The number of rotatable bonds is 5. The highest BCUT2D eigenvalue weighted by molar-refractivity contribution is 14.0. The van der Waals surface area contributed by atoms with E-state index in [2.05, 4.69) is 26.6 Å². The Hall–Kier alpha value is -1.35. The molecule has 2 heterocycles. The van der Waals surface area contributed by atoms with Crippen LogP contribution < -0.4 is 15.5 Å². The molecule has 0 saturated carbocycles. The number of nitrogens with one attached hydrogen (secondary N) is 2. The van der Waals surface area contributed by atoms with E-state index >= 15 is 0 Å². The first-order valence-electron chi connectivity index (χ1n) is 9.83. The Kier molecular flexibility index (Phi) is 9.33. The summed E-state index contributed by atoms with van der Waals surface area (Å²) in [4.78, 5) is 21.3. The molecule has 0 aliphatic carbocycles. The minimum absolute atomic E-state index is 0. The Morgan fingerprint density at radius 2 is 1.85 bits per heavy atom. The van der Waals surface area contributed by atoms with E-state index in [9.17, 15) is 4.79 Å². The molecule has 27 heavy (non-hydrogen) atoms. The van der Waals surface area contributed by atoms with Gasteiger partial charge >= 0.3 is 0 Å². The molecule has 0 radical (unpaired) electrons. The fourth-order valence-corrected chi connectivity index (χ4v) is 3.78. The van der Waals surface area contributed by atoms with Crippen LogP contribution in [0.2, 0.25) is 0 Å². The van der Waals surface area contributed by atoms with Crippen LogP contribution in [0.5, 0.6) is 0 Å². The van der Waals surface area contributed by atoms with Gasteiger partial charge in [0.1, 0.15) is 0 Å². The SMILES string of the molecule is CN=C(NCCN1CCCCC1)NCC(=O)N1CCCc2ccccc21.I. The zero-order valence-corrected chi connectivity index (χ0v) is 18.6. The van der Waals surface area contributed by atoms with Crippen molar-refractivity contribution in [2.45, 2.75) is 32.1 Å². The standard InChI is InChI=1S/C20H31N5O.HI/c1-21-20(22-11-15-24-12-5-2-6-13-24)23-16-19(26)25-14-7-9-17-8-3-4-10-18(17)25;/h3-4,8,10H,2,5-7,9,11-16H2,1H3,(H2,21,22,23);1H. The van der Waals surface area contributed by atoms with Crippen molar-refractivity contribution >= 4 is 41.5 Å². The molecule has 1 fully saturated rings. The second-order valence-electron chi connectivity index (χ2n) is 7.03. The quantitative estimate of drug-likeness (QED) is 0.382. The second-order valence-corrected chi connectivity index (χ2v) is 7.03. The molecule has 0 atom stereocenters. The fraction of sp³-hybridized carbons (Fsp3) is 0.600. The summed E-state index contributed by atoms with van der Waals surface area (Å²) in [5.41, 5.74) is 2.31. The average Bonchev–Trinajstić information content (AvgIpc) is 2.70. The van der Waals surface area contributed by atoms with Gasteiger partial charge in [-0.2, -0.15) is 0 Å². The van der Waals surface area contributed by atoms with Crippen molar-refractivity contribution in [2.75, 3.05) is 51.2 Å². The number of nitrogens with zero attached hydrogens (tertiary/aromatic N) is 3. The van der Waals surface area contributed by atoms with Gasteiger partial charge in [0.25, 0.3) is 0 Å². The Labute approximate surface area is 179 Å². The number of aryl methyl sites for hydroxylation is 1. The van der Waals surface area contributed by atoms with E-state index in [1.807, 2.05) is 23.1 Å². The average molecular weight is 485 g/mol. The van der Waals surface area contributed by atoms with Gasteiger partial charge < -0.3 is 20.4 Å². The molecule has 1 aromatic rings. The summed E-state index contributed by atoms with van der Waals surface area (Å²) in [5.74, 6) is 0.789. The number of aliphatic imine (C=N–C) groups is 1. The summed E-state index contributed by atoms with van der Waals surface area (Å²) in [5, 5.41) is 6.48. The summed E-state index contributed by atoms with van der Waals surface area (Å²) < 4.78 is 0. The van der Waals surface area contributed by atoms with Crippen molar-refractivity contribution in [1.29, 1.82) is 0 Å². The topological polar surface area (TPSA) is 60.0 Å². The number of benzene rings is 1. The lowest BCUT2D eigenvalue weighted by Gasteiger charge is -2.30. The van der Waals surface area contributed by atoms with Gasteiger partial charge in [-0.05, 0) is 50.4 Å². The number of amides is 1. The summed E-state index contributed by atoms with van der Waals surface area (Å²) in [6.45, 7) is 5.31. The van der Waals surface area contributed by atoms with Gasteiger partial charge in [0.15, 0.2) is 5.96 Å². The number of piperidine rings is 1. The summed E-state index contributed by atoms with van der Waals surface area (Å²) in [7, 11) is 1.75. The van der Waals surface area contributed by atoms with Crippen LogP contribution in [0.4, 0.5) is 5.69 Å². The van der Waals surface area contributed by atoms with Gasteiger partial charge in [-0.25, -0.2) is 0 Å².